The predicted octanol–water partition coefficient (Wildman–Crippen LogP) is -1.29. The molecule has 1 aliphatic rings. The fourth-order valence-electron chi connectivity index (χ4n) is 10.9. The number of hydrogen-bond acceptors (Lipinski definition) is 16. The third-order valence-electron chi connectivity index (χ3n) is 16.0. The average Bonchev–Trinajstić information content (AvgIpc) is 1.62. The van der Waals surface area contributed by atoms with Crippen molar-refractivity contribution in [2.75, 3.05) is 26.2 Å². The van der Waals surface area contributed by atoms with Crippen LogP contribution < -0.4 is 86.7 Å². The number of fused-ring (bicyclic) bond motifs is 3. The molecule has 1 aliphatic carbocycles. The molecule has 9 atom stereocenters. The highest BCUT2D eigenvalue weighted by atomic mass is 16.5. The highest BCUT2D eigenvalue weighted by Gasteiger charge is 2.37. The highest BCUT2D eigenvalue weighted by Crippen LogP contribution is 2.44. The number of carbonyl (C=O) groups excluding carboxylic acids is 12. The van der Waals surface area contributed by atoms with E-state index in [1.807, 2.05) is 62.4 Å². The van der Waals surface area contributed by atoms with Crippen LogP contribution in [0.1, 0.15) is 108 Å². The number of alkyl carbamates (subject to hydrolysis) is 1. The molecule has 4 aromatic carbocycles. The van der Waals surface area contributed by atoms with E-state index in [0.717, 1.165) is 22.3 Å². The van der Waals surface area contributed by atoms with Crippen molar-refractivity contribution in [3.05, 3.63) is 125 Å². The number of rotatable bonds is 39. The van der Waals surface area contributed by atoms with Crippen LogP contribution in [-0.4, -0.2) is 169 Å². The molecule has 100 heavy (non-hydrogen) atoms. The Morgan fingerprint density at radius 1 is 0.450 bits per heavy atom. The Bertz CT molecular complexity index is 3510. The SMILES string of the molecule is CC(C)C[C@H](NC(=O)OCC1c2ccccc2-c2ccccc21)C(=O)N[C@@H](Cc1ccc(O)cc1)C(=O)N[C@@H](CCCNC(=N)N)C(=O)N[C@@H](C)C(=O)N[C@H](C(=O)N[C@@H](Cc1ccccc1)C(=O)N[C@@H](CCCNC(=N)N)C(=O)N[C@@H](C)C(=O)N[C@@H](CC(N)=O)C(=O)NCC(N)=O)C(C)C. The van der Waals surface area contributed by atoms with Gasteiger partial charge in [0.1, 0.15) is 66.7 Å². The molecule has 0 radical (unpaired) electrons. The maximum Gasteiger partial charge on any atom is 0.407 e. The van der Waals surface area contributed by atoms with E-state index in [1.54, 1.807) is 44.2 Å². The lowest BCUT2D eigenvalue weighted by Gasteiger charge is -2.29. The maximum atomic E-state index is 14.7. The van der Waals surface area contributed by atoms with Crippen molar-refractivity contribution in [3.63, 3.8) is 0 Å². The molecule has 0 bridgehead atoms. The molecule has 5 rings (SSSR count). The van der Waals surface area contributed by atoms with Crippen molar-refractivity contribution in [2.24, 2.45) is 34.8 Å². The molecule has 32 heteroatoms. The van der Waals surface area contributed by atoms with Crippen LogP contribution in [0, 0.1) is 22.7 Å². The number of carbonyl (C=O) groups is 12. The number of phenolic OH excluding ortho intramolecular Hbond substituents is 1. The molecule has 0 saturated heterocycles. The van der Waals surface area contributed by atoms with Crippen molar-refractivity contribution >= 4 is 83.0 Å². The van der Waals surface area contributed by atoms with Gasteiger partial charge in [0.25, 0.3) is 0 Å². The fourth-order valence-corrected chi connectivity index (χ4v) is 10.9. The van der Waals surface area contributed by atoms with E-state index in [9.17, 15) is 62.6 Å². The lowest BCUT2D eigenvalue weighted by molar-refractivity contribution is -0.136. The minimum absolute atomic E-state index is 0.0392. The van der Waals surface area contributed by atoms with Crippen LogP contribution in [0.5, 0.6) is 5.75 Å². The Morgan fingerprint density at radius 2 is 0.880 bits per heavy atom. The van der Waals surface area contributed by atoms with Crippen LogP contribution in [0.3, 0.4) is 0 Å². The first-order valence-electron chi connectivity index (χ1n) is 32.8. The Hall–Kier alpha value is -11.3. The third-order valence-corrected chi connectivity index (χ3v) is 16.0. The second-order valence-electron chi connectivity index (χ2n) is 25.0. The molecule has 0 fully saturated rings. The zero-order valence-electron chi connectivity index (χ0n) is 56.8. The van der Waals surface area contributed by atoms with E-state index in [-0.39, 0.29) is 94.1 Å². The zero-order chi connectivity index (χ0) is 73.8. The van der Waals surface area contributed by atoms with Gasteiger partial charge in [-0.25, -0.2) is 4.79 Å². The first-order chi connectivity index (χ1) is 47.4. The molecule has 0 aliphatic heterocycles. The molecule has 0 unspecified atom stereocenters. The third kappa shape index (κ3) is 25.9. The standard InChI is InChI=1S/C68H94N18O14/c1-36(2)30-50(85-68(99)100-35-47-45-20-12-10-18-43(45)44-19-11-13-21-46(44)47)62(95)83-51(32-41-24-26-42(87)27-25-41)63(96)80-49(23-15-29-76-67(73)74)61(94)79-39(6)58(91)86-56(37(3)4)65(98)84-52(31-40-16-8-7-9-17-40)64(97)81-48(22-14-28-75-66(71)72)60(93)78-38(5)57(90)82-53(33-54(69)88)59(92)77-34-55(70)89/h7-13,16-21,24-27,36-39,47-53,56,87H,14-15,22-23,28-35H2,1-6H3,(H2,69,88)(H2,70,89)(H,77,92)(H,78,93)(H,79,94)(H,80,96)(H,81,97)(H,82,90)(H,83,95)(H,84,98)(H,85,99)(H,86,91)(H4,71,72,75)(H4,73,74,76)/t38-,39-,48-,49-,50-,51-,52-,53-,56-/m0/s1. The Labute approximate surface area is 579 Å². The summed E-state index contributed by atoms with van der Waals surface area (Å²) < 4.78 is 5.80. The van der Waals surface area contributed by atoms with Crippen molar-refractivity contribution in [1.82, 2.24) is 63.8 Å². The Morgan fingerprint density at radius 3 is 1.35 bits per heavy atom. The first kappa shape index (κ1) is 79.3. The number of amides is 12. The number of benzene rings is 4. The van der Waals surface area contributed by atoms with Crippen LogP contribution in [-0.2, 0) is 70.3 Å². The minimum atomic E-state index is -1.58. The molecule has 4 aromatic rings. The van der Waals surface area contributed by atoms with Gasteiger partial charge >= 0.3 is 6.09 Å². The van der Waals surface area contributed by atoms with E-state index < -0.39 is 144 Å². The summed E-state index contributed by atoms with van der Waals surface area (Å²) in [6.45, 7) is 8.92. The number of nitrogens with two attached hydrogens (primary N) is 4. The van der Waals surface area contributed by atoms with Gasteiger partial charge in [-0.2, -0.15) is 0 Å². The van der Waals surface area contributed by atoms with Gasteiger partial charge in [0, 0.05) is 31.8 Å². The molecule has 0 heterocycles. The quantitative estimate of drug-likeness (QED) is 0.0140. The summed E-state index contributed by atoms with van der Waals surface area (Å²) in [6.07, 6.45) is -1.79. The predicted molar refractivity (Wildman–Crippen MR) is 369 cm³/mol. The molecule has 540 valence electrons. The Kier molecular flexibility index (Phi) is 31.1. The smallest absolute Gasteiger partial charge is 0.407 e. The fraction of sp³-hybridized carbons (Fsp3) is 0.441. The first-order valence-corrected chi connectivity index (χ1v) is 32.8. The normalized spacial score (nSPS) is 14.1. The van der Waals surface area contributed by atoms with Gasteiger partial charge < -0.3 is 96.6 Å². The van der Waals surface area contributed by atoms with Gasteiger partial charge in [-0.05, 0) is 103 Å². The second-order valence-corrected chi connectivity index (χ2v) is 25.0. The molecular formula is C68H94N18O14. The van der Waals surface area contributed by atoms with Gasteiger partial charge in [0.15, 0.2) is 11.9 Å². The number of nitrogens with one attached hydrogen (secondary N) is 14. The number of aromatic hydroxyl groups is 1. The average molecular weight is 1390 g/mol. The van der Waals surface area contributed by atoms with Gasteiger partial charge in [0.2, 0.25) is 65.0 Å². The summed E-state index contributed by atoms with van der Waals surface area (Å²) in [6, 6.07) is 17.1. The topological polar surface area (TPSA) is 530 Å². The van der Waals surface area contributed by atoms with Crippen molar-refractivity contribution < 1.29 is 67.4 Å². The molecular weight excluding hydrogens is 1290 g/mol. The summed E-state index contributed by atoms with van der Waals surface area (Å²) in [7, 11) is 0. The van der Waals surface area contributed by atoms with E-state index in [2.05, 4.69) is 63.8 Å². The number of primary amides is 2. The lowest BCUT2D eigenvalue weighted by Crippen LogP contribution is -2.61. The van der Waals surface area contributed by atoms with E-state index in [1.165, 1.54) is 38.1 Å². The van der Waals surface area contributed by atoms with E-state index in [0.29, 0.717) is 11.1 Å². The van der Waals surface area contributed by atoms with Crippen LogP contribution in [0.2, 0.25) is 0 Å². The molecule has 23 N–H and O–H groups in total. The monoisotopic (exact) mass is 1390 g/mol. The van der Waals surface area contributed by atoms with E-state index in [4.69, 9.17) is 38.5 Å². The van der Waals surface area contributed by atoms with Crippen LogP contribution >= 0.6 is 0 Å². The molecule has 0 aromatic heterocycles. The van der Waals surface area contributed by atoms with Crippen molar-refractivity contribution in [1.29, 1.82) is 10.8 Å². The van der Waals surface area contributed by atoms with E-state index >= 15 is 0 Å². The van der Waals surface area contributed by atoms with Crippen molar-refractivity contribution in [3.8, 4) is 16.9 Å². The van der Waals surface area contributed by atoms with Gasteiger partial charge in [-0.3, -0.25) is 63.6 Å². The largest absolute Gasteiger partial charge is 0.508 e. The van der Waals surface area contributed by atoms with Crippen LogP contribution in [0.15, 0.2) is 103 Å². The number of phenols is 1. The molecule has 32 nitrogen and oxygen atoms in total. The summed E-state index contributed by atoms with van der Waals surface area (Å²) in [4.78, 5) is 164. The summed E-state index contributed by atoms with van der Waals surface area (Å²) >= 11 is 0. The molecule has 0 saturated carbocycles. The van der Waals surface area contributed by atoms with Gasteiger partial charge in [-0.1, -0.05) is 119 Å². The minimum Gasteiger partial charge on any atom is -0.508 e. The summed E-state index contributed by atoms with van der Waals surface area (Å²) in [5.74, 6) is -11.8. The maximum absolute atomic E-state index is 14.7. The summed E-state index contributed by atoms with van der Waals surface area (Å²) in [5.41, 5.74) is 26.4. The zero-order valence-corrected chi connectivity index (χ0v) is 56.8. The van der Waals surface area contributed by atoms with Crippen LogP contribution in [0.25, 0.3) is 11.1 Å². The van der Waals surface area contributed by atoms with Crippen LogP contribution in [0.4, 0.5) is 4.79 Å². The van der Waals surface area contributed by atoms with Gasteiger partial charge in [0.05, 0.1) is 13.0 Å². The second kappa shape index (κ2) is 39.2. The van der Waals surface area contributed by atoms with Crippen molar-refractivity contribution in [2.45, 2.75) is 153 Å². The Balaban J connectivity index is 1.32. The highest BCUT2D eigenvalue weighted by molar-refractivity contribution is 5.99. The van der Waals surface area contributed by atoms with Gasteiger partial charge in [-0.15, -0.1) is 0 Å². The molecule has 0 spiro atoms. The lowest BCUT2D eigenvalue weighted by atomic mass is 9.98. The number of ether oxygens (including phenoxy) is 1. The number of guanidine groups is 2. The number of hydrogen-bond donors (Lipinski definition) is 19. The summed E-state index contributed by atoms with van der Waals surface area (Å²) in [5, 5.41) is 56.2. The molecule has 12 amide bonds.